The third-order valence-corrected chi connectivity index (χ3v) is 2.53. The van der Waals surface area contributed by atoms with E-state index in [1.165, 1.54) is 26.2 Å². The molecule has 0 fully saturated rings. The van der Waals surface area contributed by atoms with Crippen molar-refractivity contribution in [3.8, 4) is 11.5 Å². The lowest BCUT2D eigenvalue weighted by Crippen LogP contribution is -2.29. The highest BCUT2D eigenvalue weighted by Crippen LogP contribution is 2.25. The van der Waals surface area contributed by atoms with Crippen LogP contribution in [0.15, 0.2) is 24.3 Å². The van der Waals surface area contributed by atoms with Crippen molar-refractivity contribution in [2.45, 2.75) is 13.0 Å². The first-order valence-corrected chi connectivity index (χ1v) is 5.88. The zero-order valence-electron chi connectivity index (χ0n) is 11.6. The molecule has 108 valence electrons. The van der Waals surface area contributed by atoms with Crippen LogP contribution in [0.2, 0.25) is 0 Å². The Labute approximate surface area is 117 Å². The molecule has 1 aromatic rings. The zero-order chi connectivity index (χ0) is 15.1. The van der Waals surface area contributed by atoms with Gasteiger partial charge in [0.25, 0.3) is 5.91 Å². The third-order valence-electron chi connectivity index (χ3n) is 2.53. The van der Waals surface area contributed by atoms with E-state index in [-0.39, 0.29) is 0 Å². The van der Waals surface area contributed by atoms with E-state index >= 15 is 0 Å². The molecule has 1 atom stereocenters. The highest BCUT2D eigenvalue weighted by Gasteiger charge is 2.12. The molecular formula is C14H17NO5. The van der Waals surface area contributed by atoms with Crippen molar-refractivity contribution in [2.75, 3.05) is 14.2 Å². The minimum Gasteiger partial charge on any atom is -0.497 e. The maximum absolute atomic E-state index is 11.5. The van der Waals surface area contributed by atoms with Crippen molar-refractivity contribution in [1.29, 1.82) is 0 Å². The van der Waals surface area contributed by atoms with Gasteiger partial charge in [0.2, 0.25) is 0 Å². The number of carbonyl (C=O) groups excluding carboxylic acids is 2. The van der Waals surface area contributed by atoms with Gasteiger partial charge in [-0.3, -0.25) is 4.79 Å². The number of ether oxygens (including phenoxy) is 3. The normalized spacial score (nSPS) is 11.9. The van der Waals surface area contributed by atoms with Crippen LogP contribution in [0, 0.1) is 0 Å². The van der Waals surface area contributed by atoms with Crippen LogP contribution in [0.5, 0.6) is 11.5 Å². The average molecular weight is 279 g/mol. The van der Waals surface area contributed by atoms with Crippen LogP contribution < -0.4 is 15.2 Å². The molecule has 0 saturated heterocycles. The maximum Gasteiger partial charge on any atom is 0.331 e. The van der Waals surface area contributed by atoms with Gasteiger partial charge in [-0.1, -0.05) is 0 Å². The topological polar surface area (TPSA) is 87.9 Å². The summed E-state index contributed by atoms with van der Waals surface area (Å²) in [6.45, 7) is 1.40. The van der Waals surface area contributed by atoms with Crippen molar-refractivity contribution >= 4 is 18.0 Å². The van der Waals surface area contributed by atoms with E-state index in [0.29, 0.717) is 17.1 Å². The molecule has 0 radical (unpaired) electrons. The first-order chi connectivity index (χ1) is 9.47. The van der Waals surface area contributed by atoms with Crippen LogP contribution in [-0.4, -0.2) is 32.2 Å². The SMILES string of the molecule is COc1ccc(/C=C/C(=O)O[C@H](C)C(N)=O)c(OC)c1. The summed E-state index contributed by atoms with van der Waals surface area (Å²) in [5, 5.41) is 0. The standard InChI is InChI=1S/C14H17NO5/c1-9(14(15)17)20-13(16)7-5-10-4-6-11(18-2)8-12(10)19-3/h4-9H,1-3H3,(H2,15,17)/b7-5+/t9-/m1/s1. The molecule has 0 bridgehead atoms. The van der Waals surface area contributed by atoms with Gasteiger partial charge in [0, 0.05) is 17.7 Å². The summed E-state index contributed by atoms with van der Waals surface area (Å²) in [6, 6.07) is 5.16. The smallest absolute Gasteiger partial charge is 0.331 e. The fraction of sp³-hybridized carbons (Fsp3) is 0.286. The van der Waals surface area contributed by atoms with E-state index in [2.05, 4.69) is 0 Å². The molecule has 0 aliphatic rings. The van der Waals surface area contributed by atoms with Gasteiger partial charge < -0.3 is 19.9 Å². The van der Waals surface area contributed by atoms with Gasteiger partial charge in [-0.2, -0.15) is 0 Å². The fourth-order valence-electron chi connectivity index (χ4n) is 1.39. The molecule has 0 aliphatic carbocycles. The highest BCUT2D eigenvalue weighted by atomic mass is 16.5. The molecule has 0 unspecified atom stereocenters. The van der Waals surface area contributed by atoms with Crippen LogP contribution >= 0.6 is 0 Å². The largest absolute Gasteiger partial charge is 0.497 e. The molecule has 6 nitrogen and oxygen atoms in total. The summed E-state index contributed by atoms with van der Waals surface area (Å²) in [4.78, 5) is 22.2. The molecule has 0 saturated carbocycles. The summed E-state index contributed by atoms with van der Waals surface area (Å²) < 4.78 is 15.0. The van der Waals surface area contributed by atoms with Crippen molar-refractivity contribution in [3.63, 3.8) is 0 Å². The van der Waals surface area contributed by atoms with E-state index < -0.39 is 18.0 Å². The van der Waals surface area contributed by atoms with Gasteiger partial charge in [-0.05, 0) is 25.1 Å². The Kier molecular flexibility index (Phi) is 5.58. The number of primary amides is 1. The second-order valence-electron chi connectivity index (χ2n) is 3.92. The Balaban J connectivity index is 2.79. The second-order valence-corrected chi connectivity index (χ2v) is 3.92. The highest BCUT2D eigenvalue weighted by molar-refractivity contribution is 5.90. The van der Waals surface area contributed by atoms with E-state index in [1.807, 2.05) is 0 Å². The Morgan fingerprint density at radius 3 is 2.50 bits per heavy atom. The number of esters is 1. The number of carbonyl (C=O) groups is 2. The number of nitrogens with two attached hydrogens (primary N) is 1. The average Bonchev–Trinajstić information content (AvgIpc) is 2.44. The molecule has 0 aromatic heterocycles. The lowest BCUT2D eigenvalue weighted by Gasteiger charge is -2.08. The molecule has 0 spiro atoms. The van der Waals surface area contributed by atoms with Gasteiger partial charge in [0.05, 0.1) is 14.2 Å². The molecule has 20 heavy (non-hydrogen) atoms. The van der Waals surface area contributed by atoms with Gasteiger partial charge >= 0.3 is 5.97 Å². The quantitative estimate of drug-likeness (QED) is 0.623. The molecule has 1 rings (SSSR count). The van der Waals surface area contributed by atoms with Gasteiger partial charge in [0.15, 0.2) is 6.10 Å². The number of rotatable bonds is 6. The summed E-state index contributed by atoms with van der Waals surface area (Å²) in [5.41, 5.74) is 5.67. The molecule has 1 aromatic carbocycles. The van der Waals surface area contributed by atoms with Crippen LogP contribution in [0.4, 0.5) is 0 Å². The first kappa shape index (κ1) is 15.6. The second kappa shape index (κ2) is 7.18. The molecule has 0 aliphatic heterocycles. The number of methoxy groups -OCH3 is 2. The van der Waals surface area contributed by atoms with Gasteiger partial charge in [0.1, 0.15) is 11.5 Å². The van der Waals surface area contributed by atoms with Crippen LogP contribution in [-0.2, 0) is 14.3 Å². The zero-order valence-corrected chi connectivity index (χ0v) is 11.6. The fourth-order valence-corrected chi connectivity index (χ4v) is 1.39. The first-order valence-electron chi connectivity index (χ1n) is 5.88. The predicted octanol–water partition coefficient (Wildman–Crippen LogP) is 1.13. The Bertz CT molecular complexity index is 524. The van der Waals surface area contributed by atoms with Crippen molar-refractivity contribution in [1.82, 2.24) is 0 Å². The lowest BCUT2D eigenvalue weighted by molar-refractivity contribution is -0.148. The number of amides is 1. The van der Waals surface area contributed by atoms with Crippen LogP contribution in [0.1, 0.15) is 12.5 Å². The monoisotopic (exact) mass is 279 g/mol. The van der Waals surface area contributed by atoms with Gasteiger partial charge in [-0.25, -0.2) is 4.79 Å². The van der Waals surface area contributed by atoms with Gasteiger partial charge in [-0.15, -0.1) is 0 Å². The summed E-state index contributed by atoms with van der Waals surface area (Å²) in [6.07, 6.45) is 1.75. The van der Waals surface area contributed by atoms with Crippen molar-refractivity contribution in [3.05, 3.63) is 29.8 Å². The van der Waals surface area contributed by atoms with Crippen molar-refractivity contribution < 1.29 is 23.8 Å². The third kappa shape index (κ3) is 4.31. The number of benzene rings is 1. The molecule has 0 heterocycles. The summed E-state index contributed by atoms with van der Waals surface area (Å²) in [5.74, 6) is -0.164. The molecule has 2 N–H and O–H groups in total. The minimum absolute atomic E-state index is 0.552. The summed E-state index contributed by atoms with van der Waals surface area (Å²) >= 11 is 0. The molecule has 6 heteroatoms. The molecular weight excluding hydrogens is 262 g/mol. The number of hydrogen-bond acceptors (Lipinski definition) is 5. The van der Waals surface area contributed by atoms with E-state index in [1.54, 1.807) is 25.3 Å². The van der Waals surface area contributed by atoms with Crippen LogP contribution in [0.3, 0.4) is 0 Å². The van der Waals surface area contributed by atoms with E-state index in [4.69, 9.17) is 19.9 Å². The predicted molar refractivity (Wildman–Crippen MR) is 73.3 cm³/mol. The summed E-state index contributed by atoms with van der Waals surface area (Å²) in [7, 11) is 3.06. The maximum atomic E-state index is 11.5. The Morgan fingerprint density at radius 1 is 1.25 bits per heavy atom. The lowest BCUT2D eigenvalue weighted by atomic mass is 10.1. The van der Waals surface area contributed by atoms with E-state index in [9.17, 15) is 9.59 Å². The Morgan fingerprint density at radius 2 is 1.95 bits per heavy atom. The number of hydrogen-bond donors (Lipinski definition) is 1. The Hall–Kier alpha value is -2.50. The van der Waals surface area contributed by atoms with E-state index in [0.717, 1.165) is 0 Å². The minimum atomic E-state index is -0.968. The van der Waals surface area contributed by atoms with Crippen LogP contribution in [0.25, 0.3) is 6.08 Å². The molecule has 1 amide bonds. The van der Waals surface area contributed by atoms with Crippen molar-refractivity contribution in [2.24, 2.45) is 5.73 Å².